The first kappa shape index (κ1) is 22.2. The van der Waals surface area contributed by atoms with Gasteiger partial charge in [0.2, 0.25) is 0 Å². The van der Waals surface area contributed by atoms with E-state index in [0.29, 0.717) is 6.61 Å². The Hall–Kier alpha value is -0.0800. The second kappa shape index (κ2) is 24.0. The van der Waals surface area contributed by atoms with Gasteiger partial charge >= 0.3 is 0 Å². The van der Waals surface area contributed by atoms with Crippen molar-refractivity contribution in [2.75, 3.05) is 19.7 Å². The van der Waals surface area contributed by atoms with Gasteiger partial charge in [0, 0.05) is 6.61 Å². The van der Waals surface area contributed by atoms with E-state index in [-0.39, 0.29) is 0 Å². The topological polar surface area (TPSA) is 32.3 Å². The highest BCUT2D eigenvalue weighted by atomic mass is 16.2. The first-order valence-electron chi connectivity index (χ1n) is 9.14. The summed E-state index contributed by atoms with van der Waals surface area (Å²) >= 11 is 0. The fraction of sp³-hybridized carbons (Fsp3) is 1.00. The van der Waals surface area contributed by atoms with Gasteiger partial charge in [-0.15, -0.1) is 0 Å². The molecule has 0 amide bonds. The van der Waals surface area contributed by atoms with Crippen LogP contribution in [0.4, 0.5) is 0 Å². The molecule has 2 heteroatoms. The SMILES string of the molecule is CCCCCCNCCCCCC.CCCCCCO. The Morgan fingerprint density at radius 2 is 0.950 bits per heavy atom. The van der Waals surface area contributed by atoms with Gasteiger partial charge in [0.15, 0.2) is 0 Å². The van der Waals surface area contributed by atoms with Gasteiger partial charge in [-0.3, -0.25) is 0 Å². The van der Waals surface area contributed by atoms with Gasteiger partial charge in [0.25, 0.3) is 0 Å². The molecule has 20 heavy (non-hydrogen) atoms. The Morgan fingerprint density at radius 1 is 0.550 bits per heavy atom. The highest BCUT2D eigenvalue weighted by molar-refractivity contribution is 4.49. The lowest BCUT2D eigenvalue weighted by molar-refractivity contribution is 0.283. The molecule has 0 spiro atoms. The van der Waals surface area contributed by atoms with Crippen molar-refractivity contribution >= 4 is 0 Å². The van der Waals surface area contributed by atoms with Gasteiger partial charge in [-0.25, -0.2) is 0 Å². The van der Waals surface area contributed by atoms with Crippen molar-refractivity contribution in [2.24, 2.45) is 0 Å². The minimum atomic E-state index is 0.361. The number of aliphatic hydroxyl groups is 1. The Labute approximate surface area is 128 Å². The van der Waals surface area contributed by atoms with E-state index in [4.69, 9.17) is 5.11 Å². The summed E-state index contributed by atoms with van der Waals surface area (Å²) in [7, 11) is 0. The maximum atomic E-state index is 8.29. The van der Waals surface area contributed by atoms with Gasteiger partial charge in [0.05, 0.1) is 0 Å². The molecule has 0 saturated heterocycles. The number of rotatable bonds is 14. The molecule has 0 aliphatic heterocycles. The van der Waals surface area contributed by atoms with E-state index >= 15 is 0 Å². The number of nitrogens with one attached hydrogen (secondary N) is 1. The predicted octanol–water partition coefficient (Wildman–Crippen LogP) is 5.30. The van der Waals surface area contributed by atoms with Crippen LogP contribution in [0, 0.1) is 0 Å². The lowest BCUT2D eigenvalue weighted by Crippen LogP contribution is -2.16. The molecule has 2 nitrogen and oxygen atoms in total. The molecule has 0 atom stereocenters. The molecule has 0 aromatic heterocycles. The first-order valence-corrected chi connectivity index (χ1v) is 9.14. The monoisotopic (exact) mass is 287 g/mol. The van der Waals surface area contributed by atoms with Crippen LogP contribution in [0.15, 0.2) is 0 Å². The Bertz CT molecular complexity index is 125. The smallest absolute Gasteiger partial charge is 0.0431 e. The Kier molecular flexibility index (Phi) is 26.6. The summed E-state index contributed by atoms with van der Waals surface area (Å²) in [6.45, 7) is 9.51. The van der Waals surface area contributed by atoms with Crippen LogP contribution in [0.3, 0.4) is 0 Å². The van der Waals surface area contributed by atoms with Gasteiger partial charge in [-0.05, 0) is 32.4 Å². The summed E-state index contributed by atoms with van der Waals surface area (Å²) < 4.78 is 0. The van der Waals surface area contributed by atoms with E-state index in [9.17, 15) is 0 Å². The molecule has 0 fully saturated rings. The molecule has 0 aromatic rings. The zero-order chi connectivity index (χ0) is 15.3. The highest BCUT2D eigenvalue weighted by Gasteiger charge is 1.89. The van der Waals surface area contributed by atoms with Crippen LogP contribution in [0.1, 0.15) is 97.8 Å². The zero-order valence-electron chi connectivity index (χ0n) is 14.6. The van der Waals surface area contributed by atoms with Gasteiger partial charge < -0.3 is 10.4 Å². The molecule has 0 rings (SSSR count). The molecule has 0 bridgehead atoms. The fourth-order valence-corrected chi connectivity index (χ4v) is 2.02. The summed E-state index contributed by atoms with van der Waals surface area (Å²) in [5.41, 5.74) is 0. The summed E-state index contributed by atoms with van der Waals surface area (Å²) in [6.07, 6.45) is 15.7. The third-order valence-electron chi connectivity index (χ3n) is 3.43. The van der Waals surface area contributed by atoms with Crippen LogP contribution in [-0.4, -0.2) is 24.8 Å². The Morgan fingerprint density at radius 3 is 1.30 bits per heavy atom. The van der Waals surface area contributed by atoms with Crippen molar-refractivity contribution < 1.29 is 5.11 Å². The lowest BCUT2D eigenvalue weighted by atomic mass is 10.2. The van der Waals surface area contributed by atoms with Crippen molar-refractivity contribution in [3.63, 3.8) is 0 Å². The Balaban J connectivity index is 0. The average molecular weight is 288 g/mol. The van der Waals surface area contributed by atoms with Crippen molar-refractivity contribution in [1.82, 2.24) is 5.32 Å². The average Bonchev–Trinajstić information content (AvgIpc) is 2.47. The summed E-state index contributed by atoms with van der Waals surface area (Å²) in [5.74, 6) is 0. The maximum absolute atomic E-state index is 8.29. The first-order chi connectivity index (χ1) is 9.83. The van der Waals surface area contributed by atoms with Crippen LogP contribution >= 0.6 is 0 Å². The molecular formula is C18H41NO. The molecule has 0 radical (unpaired) electrons. The standard InChI is InChI=1S/C12H27N.C6H14O/c1-3-5-7-9-11-13-12-10-8-6-4-2;1-2-3-4-5-6-7/h13H,3-12H2,1-2H3;7H,2-6H2,1H3. The van der Waals surface area contributed by atoms with Gasteiger partial charge in [-0.2, -0.15) is 0 Å². The number of aliphatic hydroxyl groups excluding tert-OH is 1. The number of unbranched alkanes of at least 4 members (excludes halogenated alkanes) is 9. The quantitative estimate of drug-likeness (QED) is 0.425. The lowest BCUT2D eigenvalue weighted by Gasteiger charge is -2.03. The van der Waals surface area contributed by atoms with Crippen molar-refractivity contribution in [1.29, 1.82) is 0 Å². The molecule has 124 valence electrons. The van der Waals surface area contributed by atoms with E-state index < -0.39 is 0 Å². The largest absolute Gasteiger partial charge is 0.396 e. The predicted molar refractivity (Wildman–Crippen MR) is 92.4 cm³/mol. The van der Waals surface area contributed by atoms with Gasteiger partial charge in [0.1, 0.15) is 0 Å². The molecule has 0 unspecified atom stereocenters. The van der Waals surface area contributed by atoms with Crippen LogP contribution in [0.5, 0.6) is 0 Å². The van der Waals surface area contributed by atoms with Crippen molar-refractivity contribution in [3.8, 4) is 0 Å². The fourth-order valence-electron chi connectivity index (χ4n) is 2.02. The highest BCUT2D eigenvalue weighted by Crippen LogP contribution is 1.99. The summed E-state index contributed by atoms with van der Waals surface area (Å²) in [4.78, 5) is 0. The normalized spacial score (nSPS) is 10.2. The molecular weight excluding hydrogens is 246 g/mol. The maximum Gasteiger partial charge on any atom is 0.0431 e. The molecule has 0 aliphatic carbocycles. The van der Waals surface area contributed by atoms with Crippen molar-refractivity contribution in [3.05, 3.63) is 0 Å². The third-order valence-corrected chi connectivity index (χ3v) is 3.43. The van der Waals surface area contributed by atoms with Crippen LogP contribution in [-0.2, 0) is 0 Å². The molecule has 0 aromatic carbocycles. The van der Waals surface area contributed by atoms with Crippen molar-refractivity contribution in [2.45, 2.75) is 97.8 Å². The van der Waals surface area contributed by atoms with E-state index in [0.717, 1.165) is 6.42 Å². The molecule has 0 heterocycles. The minimum Gasteiger partial charge on any atom is -0.396 e. The zero-order valence-corrected chi connectivity index (χ0v) is 14.6. The summed E-state index contributed by atoms with van der Waals surface area (Å²) in [6, 6.07) is 0. The van der Waals surface area contributed by atoms with Crippen LogP contribution < -0.4 is 5.32 Å². The van der Waals surface area contributed by atoms with E-state index in [1.807, 2.05) is 0 Å². The molecule has 0 aliphatic rings. The van der Waals surface area contributed by atoms with Gasteiger partial charge in [-0.1, -0.05) is 78.6 Å². The molecule has 0 saturated carbocycles. The third kappa shape index (κ3) is 26.5. The second-order valence-corrected chi connectivity index (χ2v) is 5.66. The van der Waals surface area contributed by atoms with Crippen LogP contribution in [0.2, 0.25) is 0 Å². The van der Waals surface area contributed by atoms with Crippen LogP contribution in [0.25, 0.3) is 0 Å². The minimum absolute atomic E-state index is 0.361. The number of hydrogen-bond donors (Lipinski definition) is 2. The molecule has 2 N–H and O–H groups in total. The second-order valence-electron chi connectivity index (χ2n) is 5.66. The van der Waals surface area contributed by atoms with E-state index in [1.165, 1.54) is 83.7 Å². The number of hydrogen-bond acceptors (Lipinski definition) is 2. The van der Waals surface area contributed by atoms with E-state index in [2.05, 4.69) is 26.1 Å². The summed E-state index contributed by atoms with van der Waals surface area (Å²) in [5, 5.41) is 11.8. The van der Waals surface area contributed by atoms with E-state index in [1.54, 1.807) is 0 Å².